The van der Waals surface area contributed by atoms with Crippen molar-refractivity contribution >= 4 is 17.1 Å². The monoisotopic (exact) mass is 291 g/mol. The van der Waals surface area contributed by atoms with Gasteiger partial charge < -0.3 is 15.8 Å². The largest absolute Gasteiger partial charge is 0.492 e. The number of nitrogens with two attached hydrogens (primary N) is 1. The van der Waals surface area contributed by atoms with Gasteiger partial charge >= 0.3 is 0 Å². The number of hydrogen-bond donors (Lipinski definition) is 2. The Morgan fingerprint density at radius 1 is 1.24 bits per heavy atom. The van der Waals surface area contributed by atoms with Crippen LogP contribution in [0, 0.1) is 15.9 Å². The lowest BCUT2D eigenvalue weighted by Gasteiger charge is -2.09. The van der Waals surface area contributed by atoms with Gasteiger partial charge in [0, 0.05) is 18.3 Å². The van der Waals surface area contributed by atoms with Crippen LogP contribution in [0.15, 0.2) is 42.5 Å². The highest BCUT2D eigenvalue weighted by Gasteiger charge is 2.10. The van der Waals surface area contributed by atoms with E-state index >= 15 is 0 Å². The minimum Gasteiger partial charge on any atom is -0.492 e. The third-order valence-electron chi connectivity index (χ3n) is 2.73. The topological polar surface area (TPSA) is 90.4 Å². The molecule has 0 saturated heterocycles. The number of ether oxygens (including phenoxy) is 1. The third kappa shape index (κ3) is 4.07. The van der Waals surface area contributed by atoms with Crippen molar-refractivity contribution < 1.29 is 14.1 Å². The molecule has 0 saturated carbocycles. The van der Waals surface area contributed by atoms with Gasteiger partial charge in [-0.15, -0.1) is 0 Å². The van der Waals surface area contributed by atoms with E-state index in [0.29, 0.717) is 24.6 Å². The zero-order valence-electron chi connectivity index (χ0n) is 11.1. The molecule has 7 heteroatoms. The molecule has 0 heterocycles. The van der Waals surface area contributed by atoms with Crippen LogP contribution in [0.25, 0.3) is 0 Å². The molecule has 0 fully saturated rings. The fourth-order valence-corrected chi connectivity index (χ4v) is 1.68. The van der Waals surface area contributed by atoms with Crippen LogP contribution in [-0.2, 0) is 0 Å². The molecule has 0 aliphatic rings. The molecule has 0 amide bonds. The zero-order chi connectivity index (χ0) is 15.2. The first kappa shape index (κ1) is 14.6. The second kappa shape index (κ2) is 6.56. The number of nitro benzene ring substituents is 1. The molecule has 0 spiro atoms. The average molecular weight is 291 g/mol. The number of benzene rings is 2. The highest BCUT2D eigenvalue weighted by molar-refractivity contribution is 5.50. The summed E-state index contributed by atoms with van der Waals surface area (Å²) in [4.78, 5) is 9.85. The lowest BCUT2D eigenvalue weighted by atomic mass is 10.2. The van der Waals surface area contributed by atoms with Crippen molar-refractivity contribution in [1.29, 1.82) is 0 Å². The number of hydrogen-bond acceptors (Lipinski definition) is 5. The average Bonchev–Trinajstić information content (AvgIpc) is 2.46. The Kier molecular flexibility index (Phi) is 4.55. The maximum Gasteiger partial charge on any atom is 0.272 e. The Morgan fingerprint density at radius 3 is 2.57 bits per heavy atom. The van der Waals surface area contributed by atoms with Crippen LogP contribution >= 0.6 is 0 Å². The van der Waals surface area contributed by atoms with E-state index in [0.717, 1.165) is 6.07 Å². The highest BCUT2D eigenvalue weighted by atomic mass is 19.1. The van der Waals surface area contributed by atoms with Crippen molar-refractivity contribution in [3.63, 3.8) is 0 Å². The smallest absolute Gasteiger partial charge is 0.272 e. The van der Waals surface area contributed by atoms with Crippen molar-refractivity contribution in [1.82, 2.24) is 0 Å². The molecule has 0 aromatic heterocycles. The molecule has 0 aliphatic carbocycles. The maximum atomic E-state index is 13.6. The highest BCUT2D eigenvalue weighted by Crippen LogP contribution is 2.20. The standard InChI is InChI=1S/C14H14FN3O3/c15-13-9-11(18(19)20)3-6-14(13)17-7-8-21-12-4-1-10(16)2-5-12/h1-6,9,17H,7-8,16H2. The first-order chi connectivity index (χ1) is 10.1. The summed E-state index contributed by atoms with van der Waals surface area (Å²) in [6, 6.07) is 10.4. The molecular formula is C14H14FN3O3. The molecule has 0 bridgehead atoms. The Balaban J connectivity index is 1.83. The molecule has 0 unspecified atom stereocenters. The van der Waals surface area contributed by atoms with Crippen LogP contribution in [0.5, 0.6) is 5.75 Å². The molecule has 2 aromatic carbocycles. The number of nitrogen functional groups attached to an aromatic ring is 1. The maximum absolute atomic E-state index is 13.6. The van der Waals surface area contributed by atoms with E-state index in [-0.39, 0.29) is 11.4 Å². The van der Waals surface area contributed by atoms with Crippen LogP contribution in [0.1, 0.15) is 0 Å². The molecule has 6 nitrogen and oxygen atoms in total. The minimum atomic E-state index is -0.670. The van der Waals surface area contributed by atoms with Crippen LogP contribution in [-0.4, -0.2) is 18.1 Å². The van der Waals surface area contributed by atoms with E-state index in [1.807, 2.05) is 0 Å². The van der Waals surface area contributed by atoms with Crippen molar-refractivity contribution in [3.8, 4) is 5.75 Å². The van der Waals surface area contributed by atoms with Gasteiger partial charge in [-0.05, 0) is 30.3 Å². The number of anilines is 2. The molecule has 110 valence electrons. The van der Waals surface area contributed by atoms with Crippen molar-refractivity contribution in [2.45, 2.75) is 0 Å². The zero-order valence-corrected chi connectivity index (χ0v) is 11.1. The molecular weight excluding hydrogens is 277 g/mol. The Labute approximate surface area is 120 Å². The normalized spacial score (nSPS) is 10.1. The van der Waals surface area contributed by atoms with Crippen LogP contribution < -0.4 is 15.8 Å². The Hall–Kier alpha value is -2.83. The van der Waals surface area contributed by atoms with Crippen LogP contribution in [0.4, 0.5) is 21.5 Å². The predicted molar refractivity (Wildman–Crippen MR) is 77.9 cm³/mol. The van der Waals surface area contributed by atoms with Crippen molar-refractivity contribution in [2.75, 3.05) is 24.2 Å². The lowest BCUT2D eigenvalue weighted by molar-refractivity contribution is -0.385. The van der Waals surface area contributed by atoms with Gasteiger partial charge in [-0.25, -0.2) is 4.39 Å². The van der Waals surface area contributed by atoms with E-state index in [9.17, 15) is 14.5 Å². The summed E-state index contributed by atoms with van der Waals surface area (Å²) in [7, 11) is 0. The van der Waals surface area contributed by atoms with Crippen LogP contribution in [0.2, 0.25) is 0 Å². The quantitative estimate of drug-likeness (QED) is 0.369. The predicted octanol–water partition coefficient (Wildman–Crippen LogP) is 2.81. The second-order valence-corrected chi connectivity index (χ2v) is 4.27. The summed E-state index contributed by atoms with van der Waals surface area (Å²) in [5.41, 5.74) is 6.11. The fourth-order valence-electron chi connectivity index (χ4n) is 1.68. The van der Waals surface area contributed by atoms with Crippen LogP contribution in [0.3, 0.4) is 0 Å². The summed E-state index contributed by atoms with van der Waals surface area (Å²) in [5.74, 6) is -0.00754. The summed E-state index contributed by atoms with van der Waals surface area (Å²) in [5, 5.41) is 13.3. The number of nitrogens with zero attached hydrogens (tertiary/aromatic N) is 1. The van der Waals surface area contributed by atoms with Crippen molar-refractivity contribution in [3.05, 3.63) is 58.4 Å². The first-order valence-corrected chi connectivity index (χ1v) is 6.22. The Bertz CT molecular complexity index is 632. The van der Waals surface area contributed by atoms with Gasteiger partial charge in [0.2, 0.25) is 0 Å². The Morgan fingerprint density at radius 2 is 1.95 bits per heavy atom. The van der Waals surface area contributed by atoms with E-state index in [1.165, 1.54) is 12.1 Å². The SMILES string of the molecule is Nc1ccc(OCCNc2ccc([N+](=O)[O-])cc2F)cc1. The number of non-ortho nitro benzene ring substituents is 1. The van der Waals surface area contributed by atoms with Gasteiger partial charge in [0.1, 0.15) is 12.4 Å². The van der Waals surface area contributed by atoms with Gasteiger partial charge in [-0.3, -0.25) is 10.1 Å². The summed E-state index contributed by atoms with van der Waals surface area (Å²) < 4.78 is 19.0. The van der Waals surface area contributed by atoms with Gasteiger partial charge in [0.25, 0.3) is 5.69 Å². The van der Waals surface area contributed by atoms with E-state index in [1.54, 1.807) is 24.3 Å². The fraction of sp³-hybridized carbons (Fsp3) is 0.143. The molecule has 0 atom stereocenters. The molecule has 2 rings (SSSR count). The summed E-state index contributed by atoms with van der Waals surface area (Å²) in [6.07, 6.45) is 0. The summed E-state index contributed by atoms with van der Waals surface area (Å²) in [6.45, 7) is 0.680. The van der Waals surface area contributed by atoms with Gasteiger partial charge in [-0.2, -0.15) is 0 Å². The molecule has 0 radical (unpaired) electrons. The number of rotatable bonds is 6. The first-order valence-electron chi connectivity index (χ1n) is 6.22. The molecule has 3 N–H and O–H groups in total. The van der Waals surface area contributed by atoms with Gasteiger partial charge in [0.15, 0.2) is 5.82 Å². The molecule has 21 heavy (non-hydrogen) atoms. The summed E-state index contributed by atoms with van der Waals surface area (Å²) >= 11 is 0. The van der Waals surface area contributed by atoms with Crippen molar-refractivity contribution in [2.24, 2.45) is 0 Å². The lowest BCUT2D eigenvalue weighted by Crippen LogP contribution is -2.12. The number of nitrogens with one attached hydrogen (secondary N) is 1. The van der Waals surface area contributed by atoms with Gasteiger partial charge in [-0.1, -0.05) is 0 Å². The number of nitro groups is 1. The third-order valence-corrected chi connectivity index (χ3v) is 2.73. The minimum absolute atomic E-state index is 0.196. The molecule has 2 aromatic rings. The number of halogens is 1. The van der Waals surface area contributed by atoms with Gasteiger partial charge in [0.05, 0.1) is 16.7 Å². The molecule has 0 aliphatic heterocycles. The van der Waals surface area contributed by atoms with E-state index in [4.69, 9.17) is 10.5 Å². The van der Waals surface area contributed by atoms with E-state index in [2.05, 4.69) is 5.32 Å². The van der Waals surface area contributed by atoms with E-state index < -0.39 is 10.7 Å². The second-order valence-electron chi connectivity index (χ2n) is 4.27.